The van der Waals surface area contributed by atoms with Gasteiger partial charge in [-0.05, 0) is 31.0 Å². The van der Waals surface area contributed by atoms with Crippen molar-refractivity contribution in [3.05, 3.63) is 29.3 Å². The summed E-state index contributed by atoms with van der Waals surface area (Å²) in [5.41, 5.74) is 9.55. The summed E-state index contributed by atoms with van der Waals surface area (Å²) in [7, 11) is 0. The fraction of sp³-hybridized carbons (Fsp3) is 0.500. The molecular weight excluding hydrogens is 240 g/mol. The van der Waals surface area contributed by atoms with Crippen LogP contribution in [0.15, 0.2) is 23.4 Å². The zero-order chi connectivity index (χ0) is 13.8. The second kappa shape index (κ2) is 5.93. The van der Waals surface area contributed by atoms with Crippen molar-refractivity contribution in [3.63, 3.8) is 0 Å². The van der Waals surface area contributed by atoms with Gasteiger partial charge in [0.25, 0.3) is 0 Å². The molecule has 3 N–H and O–H groups in total. The maximum Gasteiger partial charge on any atom is 0.153 e. The number of piperazine rings is 1. The first-order chi connectivity index (χ1) is 9.11. The van der Waals surface area contributed by atoms with Gasteiger partial charge in [-0.2, -0.15) is 0 Å². The third kappa shape index (κ3) is 3.17. The SMILES string of the molecule is Cc1cccc(N2CCN(C/C(N)=N/O)CC2)c1C. The maximum atomic E-state index is 8.59. The van der Waals surface area contributed by atoms with Gasteiger partial charge in [0.2, 0.25) is 0 Å². The number of anilines is 1. The highest BCUT2D eigenvalue weighted by Gasteiger charge is 2.19. The van der Waals surface area contributed by atoms with Crippen LogP contribution in [0.3, 0.4) is 0 Å². The Kier molecular flexibility index (Phi) is 4.27. The Bertz CT molecular complexity index is 465. The van der Waals surface area contributed by atoms with E-state index >= 15 is 0 Å². The molecule has 104 valence electrons. The van der Waals surface area contributed by atoms with Crippen LogP contribution in [0.4, 0.5) is 5.69 Å². The molecule has 0 radical (unpaired) electrons. The molecule has 1 aliphatic rings. The lowest BCUT2D eigenvalue weighted by Crippen LogP contribution is -2.49. The molecule has 1 fully saturated rings. The number of benzene rings is 1. The number of hydrogen-bond donors (Lipinski definition) is 2. The van der Waals surface area contributed by atoms with E-state index < -0.39 is 0 Å². The molecule has 0 unspecified atom stereocenters. The molecule has 0 amide bonds. The van der Waals surface area contributed by atoms with Crippen LogP contribution in [0.5, 0.6) is 0 Å². The predicted octanol–water partition coefficient (Wildman–Crippen LogP) is 1.17. The number of oxime groups is 1. The first-order valence-electron chi connectivity index (χ1n) is 6.61. The van der Waals surface area contributed by atoms with Gasteiger partial charge in [0.1, 0.15) is 0 Å². The molecule has 1 aliphatic heterocycles. The molecule has 0 aliphatic carbocycles. The van der Waals surface area contributed by atoms with E-state index in [0.29, 0.717) is 6.54 Å². The van der Waals surface area contributed by atoms with Gasteiger partial charge in [-0.1, -0.05) is 17.3 Å². The van der Waals surface area contributed by atoms with Crippen LogP contribution in [-0.2, 0) is 0 Å². The summed E-state index contributed by atoms with van der Waals surface area (Å²) in [5, 5.41) is 11.6. The summed E-state index contributed by atoms with van der Waals surface area (Å²) in [6.45, 7) is 8.68. The van der Waals surface area contributed by atoms with Gasteiger partial charge in [0, 0.05) is 31.9 Å². The molecule has 1 aromatic rings. The first-order valence-corrected chi connectivity index (χ1v) is 6.61. The molecule has 0 saturated carbocycles. The smallest absolute Gasteiger partial charge is 0.153 e. The van der Waals surface area contributed by atoms with Crippen molar-refractivity contribution in [1.29, 1.82) is 0 Å². The molecule has 1 saturated heterocycles. The van der Waals surface area contributed by atoms with Gasteiger partial charge < -0.3 is 15.8 Å². The monoisotopic (exact) mass is 262 g/mol. The van der Waals surface area contributed by atoms with Gasteiger partial charge >= 0.3 is 0 Å². The van der Waals surface area contributed by atoms with E-state index in [0.717, 1.165) is 26.2 Å². The number of nitrogens with zero attached hydrogens (tertiary/aromatic N) is 3. The summed E-state index contributed by atoms with van der Waals surface area (Å²) in [4.78, 5) is 4.61. The molecule has 5 heteroatoms. The standard InChI is InChI=1S/C14H22N4O/c1-11-4-3-5-13(12(11)2)18-8-6-17(7-9-18)10-14(15)16-19/h3-5,19H,6-10H2,1-2H3,(H2,15,16). The Labute approximate surface area is 114 Å². The molecule has 0 atom stereocenters. The molecule has 1 heterocycles. The van der Waals surface area contributed by atoms with Crippen LogP contribution in [-0.4, -0.2) is 48.7 Å². The molecule has 0 bridgehead atoms. The fourth-order valence-electron chi connectivity index (χ4n) is 2.49. The van der Waals surface area contributed by atoms with Crippen LogP contribution in [0.25, 0.3) is 0 Å². The highest BCUT2D eigenvalue weighted by Crippen LogP contribution is 2.23. The van der Waals surface area contributed by atoms with Crippen molar-refractivity contribution >= 4 is 11.5 Å². The number of nitrogens with two attached hydrogens (primary N) is 1. The van der Waals surface area contributed by atoms with E-state index in [1.165, 1.54) is 16.8 Å². The van der Waals surface area contributed by atoms with Gasteiger partial charge in [-0.25, -0.2) is 0 Å². The highest BCUT2D eigenvalue weighted by molar-refractivity contribution is 5.81. The Hall–Kier alpha value is -1.75. The Morgan fingerprint density at radius 3 is 2.58 bits per heavy atom. The topological polar surface area (TPSA) is 65.1 Å². The minimum atomic E-state index is 0.278. The molecular formula is C14H22N4O. The second-order valence-electron chi connectivity index (χ2n) is 5.07. The van der Waals surface area contributed by atoms with Gasteiger partial charge in [-0.15, -0.1) is 0 Å². The van der Waals surface area contributed by atoms with Crippen LogP contribution in [0.1, 0.15) is 11.1 Å². The average molecular weight is 262 g/mol. The lowest BCUT2D eigenvalue weighted by Gasteiger charge is -2.36. The fourth-order valence-corrected chi connectivity index (χ4v) is 2.49. The summed E-state index contributed by atoms with van der Waals surface area (Å²) >= 11 is 0. The lowest BCUT2D eigenvalue weighted by molar-refractivity contribution is 0.278. The van der Waals surface area contributed by atoms with Crippen molar-refractivity contribution in [2.45, 2.75) is 13.8 Å². The van der Waals surface area contributed by atoms with E-state index in [1.54, 1.807) is 0 Å². The normalized spacial score (nSPS) is 17.8. The molecule has 0 spiro atoms. The Balaban J connectivity index is 1.98. The second-order valence-corrected chi connectivity index (χ2v) is 5.07. The van der Waals surface area contributed by atoms with Crippen LogP contribution >= 0.6 is 0 Å². The summed E-state index contributed by atoms with van der Waals surface area (Å²) in [6.07, 6.45) is 0. The minimum Gasteiger partial charge on any atom is -0.409 e. The van der Waals surface area contributed by atoms with Crippen molar-refractivity contribution < 1.29 is 5.21 Å². The number of rotatable bonds is 3. The molecule has 19 heavy (non-hydrogen) atoms. The Morgan fingerprint density at radius 1 is 1.26 bits per heavy atom. The van der Waals surface area contributed by atoms with E-state index in [9.17, 15) is 0 Å². The summed E-state index contributed by atoms with van der Waals surface area (Å²) in [5.74, 6) is 0.278. The van der Waals surface area contributed by atoms with Gasteiger partial charge in [-0.3, -0.25) is 4.90 Å². The zero-order valence-corrected chi connectivity index (χ0v) is 11.6. The zero-order valence-electron chi connectivity index (χ0n) is 11.6. The quantitative estimate of drug-likeness (QED) is 0.371. The van der Waals surface area contributed by atoms with E-state index in [2.05, 4.69) is 47.0 Å². The summed E-state index contributed by atoms with van der Waals surface area (Å²) < 4.78 is 0. The van der Waals surface area contributed by atoms with Crippen LogP contribution in [0.2, 0.25) is 0 Å². The van der Waals surface area contributed by atoms with Gasteiger partial charge in [0.05, 0.1) is 6.54 Å². The van der Waals surface area contributed by atoms with Crippen molar-refractivity contribution in [1.82, 2.24) is 4.90 Å². The minimum absolute atomic E-state index is 0.278. The molecule has 1 aromatic carbocycles. The summed E-state index contributed by atoms with van der Waals surface area (Å²) in [6, 6.07) is 6.44. The van der Waals surface area contributed by atoms with E-state index in [4.69, 9.17) is 10.9 Å². The molecule has 0 aromatic heterocycles. The lowest BCUT2D eigenvalue weighted by atomic mass is 10.1. The van der Waals surface area contributed by atoms with Gasteiger partial charge in [0.15, 0.2) is 5.84 Å². The van der Waals surface area contributed by atoms with Crippen LogP contribution < -0.4 is 10.6 Å². The van der Waals surface area contributed by atoms with Crippen molar-refractivity contribution in [2.75, 3.05) is 37.6 Å². The maximum absolute atomic E-state index is 8.59. The third-order valence-corrected chi connectivity index (χ3v) is 3.80. The van der Waals surface area contributed by atoms with Crippen LogP contribution in [0, 0.1) is 13.8 Å². The van der Waals surface area contributed by atoms with Crippen molar-refractivity contribution in [2.24, 2.45) is 10.9 Å². The Morgan fingerprint density at radius 2 is 1.95 bits per heavy atom. The number of hydrogen-bond acceptors (Lipinski definition) is 4. The van der Waals surface area contributed by atoms with Crippen molar-refractivity contribution in [3.8, 4) is 0 Å². The number of aryl methyl sites for hydroxylation is 1. The molecule has 2 rings (SSSR count). The molecule has 5 nitrogen and oxygen atoms in total. The third-order valence-electron chi connectivity index (χ3n) is 3.80. The largest absolute Gasteiger partial charge is 0.409 e. The average Bonchev–Trinajstić information content (AvgIpc) is 2.43. The van der Waals surface area contributed by atoms with E-state index in [1.807, 2.05) is 0 Å². The highest BCUT2D eigenvalue weighted by atomic mass is 16.4. The number of amidine groups is 1. The first kappa shape index (κ1) is 13.7. The predicted molar refractivity (Wildman–Crippen MR) is 78.0 cm³/mol. The van der Waals surface area contributed by atoms with E-state index in [-0.39, 0.29) is 5.84 Å².